The third kappa shape index (κ3) is 2.54. The molecule has 3 fully saturated rings. The monoisotopic (exact) mass is 268 g/mol. The number of halogens is 1. The van der Waals surface area contributed by atoms with Crippen molar-refractivity contribution in [3.8, 4) is 0 Å². The van der Waals surface area contributed by atoms with E-state index in [1.54, 1.807) is 0 Å². The second-order valence-electron chi connectivity index (χ2n) is 6.82. The smallest absolute Gasteiger partial charge is 0.243 e. The predicted octanol–water partition coefficient (Wildman–Crippen LogP) is -1.79. The maximum absolute atomic E-state index is 3.90. The Kier molecular flexibility index (Phi) is 3.57. The van der Waals surface area contributed by atoms with Gasteiger partial charge >= 0.3 is 0 Å². The Hall–Kier alpha value is -0.240. The third-order valence-electron chi connectivity index (χ3n) is 5.34. The fourth-order valence-electron chi connectivity index (χ4n) is 4.02. The Morgan fingerprint density at radius 1 is 0.944 bits per heavy atom. The van der Waals surface area contributed by atoms with Crippen LogP contribution in [-0.2, 0) is 0 Å². The molecule has 2 N–H and O–H groups in total. The highest BCUT2D eigenvalue weighted by Gasteiger charge is 2.46. The van der Waals surface area contributed by atoms with Gasteiger partial charge in [-0.3, -0.25) is 10.3 Å². The number of amidine groups is 1. The lowest BCUT2D eigenvalue weighted by Crippen LogP contribution is -3.00. The summed E-state index contributed by atoms with van der Waals surface area (Å²) in [4.78, 5) is 3.79. The van der Waals surface area contributed by atoms with Crippen LogP contribution in [0, 0.1) is 17.8 Å². The van der Waals surface area contributed by atoms with E-state index in [0.29, 0.717) is 0 Å². The topological polar surface area (TPSA) is 26.0 Å². The normalized spacial score (nSPS) is 34.8. The summed E-state index contributed by atoms with van der Waals surface area (Å²) in [5.41, 5.74) is 0. The molecule has 1 aliphatic heterocycles. The summed E-state index contributed by atoms with van der Waals surface area (Å²) in [5.74, 6) is 4.48. The second-order valence-corrected chi connectivity index (χ2v) is 6.82. The Morgan fingerprint density at radius 2 is 1.61 bits per heavy atom. The minimum absolute atomic E-state index is 0. The van der Waals surface area contributed by atoms with Crippen molar-refractivity contribution in [3.63, 3.8) is 0 Å². The van der Waals surface area contributed by atoms with Crippen LogP contribution in [-0.4, -0.2) is 17.9 Å². The van der Waals surface area contributed by atoms with E-state index in [4.69, 9.17) is 0 Å². The van der Waals surface area contributed by atoms with Gasteiger partial charge in [0.1, 0.15) is 0 Å². The highest BCUT2D eigenvalue weighted by molar-refractivity contribution is 5.78. The zero-order chi connectivity index (χ0) is 11.2. The van der Waals surface area contributed by atoms with Crippen molar-refractivity contribution >= 4 is 5.84 Å². The van der Waals surface area contributed by atoms with Crippen molar-refractivity contribution in [2.45, 2.75) is 69.9 Å². The van der Waals surface area contributed by atoms with Crippen molar-refractivity contribution in [2.75, 3.05) is 0 Å². The van der Waals surface area contributed by atoms with E-state index in [1.165, 1.54) is 63.6 Å². The molecule has 18 heavy (non-hydrogen) atoms. The summed E-state index contributed by atoms with van der Waals surface area (Å²) in [6.07, 6.45) is 13.0. The minimum Gasteiger partial charge on any atom is -1.00 e. The molecule has 3 aliphatic carbocycles. The van der Waals surface area contributed by atoms with Crippen LogP contribution in [0.15, 0.2) is 0 Å². The number of hydrogen-bond acceptors (Lipinski definition) is 1. The first-order chi connectivity index (χ1) is 8.40. The molecule has 1 heterocycles. The summed E-state index contributed by atoms with van der Waals surface area (Å²) in [6, 6.07) is 1.64. The molecule has 0 spiro atoms. The van der Waals surface area contributed by atoms with E-state index < -0.39 is 0 Å². The molecule has 2 nitrogen and oxygen atoms in total. The third-order valence-corrected chi connectivity index (χ3v) is 5.34. The average Bonchev–Trinajstić information content (AvgIpc) is 3.22. The first-order valence-corrected chi connectivity index (χ1v) is 7.79. The van der Waals surface area contributed by atoms with Gasteiger partial charge in [-0.2, -0.15) is 0 Å². The molecule has 0 radical (unpaired) electrons. The predicted molar refractivity (Wildman–Crippen MR) is 68.7 cm³/mol. The Balaban J connectivity index is 0.000001000. The number of hydrogen-bond donors (Lipinski definition) is 2. The molecular weight excluding hydrogens is 244 g/mol. The molecule has 4 rings (SSSR count). The second kappa shape index (κ2) is 5.03. The van der Waals surface area contributed by atoms with Crippen molar-refractivity contribution in [2.24, 2.45) is 17.8 Å². The number of rotatable bonds is 3. The van der Waals surface area contributed by atoms with Gasteiger partial charge in [0, 0.05) is 5.92 Å². The average molecular weight is 269 g/mol. The molecular formula is C15H25ClN2. The zero-order valence-electron chi connectivity index (χ0n) is 11.1. The Labute approximate surface area is 116 Å². The van der Waals surface area contributed by atoms with Crippen molar-refractivity contribution < 1.29 is 17.4 Å². The van der Waals surface area contributed by atoms with Gasteiger partial charge in [-0.05, 0) is 56.8 Å². The van der Waals surface area contributed by atoms with E-state index in [-0.39, 0.29) is 12.4 Å². The number of fused-ring (bicyclic) bond motifs is 1. The van der Waals surface area contributed by atoms with Gasteiger partial charge in [-0.15, -0.1) is 0 Å². The highest BCUT2D eigenvalue weighted by Crippen LogP contribution is 2.44. The molecule has 0 saturated heterocycles. The summed E-state index contributed by atoms with van der Waals surface area (Å²) in [6.45, 7) is 0. The lowest BCUT2D eigenvalue weighted by molar-refractivity contribution is -0.506. The number of nitrogens with one attached hydrogen (secondary N) is 2. The molecule has 0 amide bonds. The van der Waals surface area contributed by atoms with E-state index >= 15 is 0 Å². The van der Waals surface area contributed by atoms with Gasteiger partial charge in [-0.25, -0.2) is 0 Å². The maximum atomic E-state index is 3.90. The molecule has 2 unspecified atom stereocenters. The quantitative estimate of drug-likeness (QED) is 0.622. The molecule has 0 aromatic carbocycles. The minimum atomic E-state index is 0. The molecule has 102 valence electrons. The molecule has 3 heteroatoms. The van der Waals surface area contributed by atoms with E-state index in [1.807, 2.05) is 0 Å². The van der Waals surface area contributed by atoms with Gasteiger partial charge in [0.2, 0.25) is 5.84 Å². The lowest BCUT2D eigenvalue weighted by atomic mass is 9.85. The maximum Gasteiger partial charge on any atom is 0.243 e. The van der Waals surface area contributed by atoms with Crippen LogP contribution < -0.4 is 22.7 Å². The van der Waals surface area contributed by atoms with Crippen LogP contribution in [0.1, 0.15) is 57.8 Å². The largest absolute Gasteiger partial charge is 1.00 e. The van der Waals surface area contributed by atoms with Gasteiger partial charge in [-0.1, -0.05) is 6.42 Å². The van der Waals surface area contributed by atoms with Crippen LogP contribution >= 0.6 is 0 Å². The first kappa shape index (κ1) is 12.8. The first-order valence-electron chi connectivity index (χ1n) is 7.79. The van der Waals surface area contributed by atoms with Gasteiger partial charge < -0.3 is 12.4 Å². The lowest BCUT2D eigenvalue weighted by Gasteiger charge is -2.20. The van der Waals surface area contributed by atoms with Crippen molar-refractivity contribution in [1.82, 2.24) is 5.32 Å². The fraction of sp³-hybridized carbons (Fsp3) is 0.933. The molecule has 3 saturated carbocycles. The van der Waals surface area contributed by atoms with Crippen molar-refractivity contribution in [3.05, 3.63) is 0 Å². The molecule has 0 aromatic rings. The molecule has 4 aliphatic rings. The molecule has 0 bridgehead atoms. The highest BCUT2D eigenvalue weighted by atomic mass is 35.5. The van der Waals surface area contributed by atoms with E-state index in [9.17, 15) is 0 Å². The van der Waals surface area contributed by atoms with Gasteiger partial charge in [0.05, 0.1) is 18.5 Å². The van der Waals surface area contributed by atoms with Crippen LogP contribution in [0.3, 0.4) is 0 Å². The van der Waals surface area contributed by atoms with Crippen molar-refractivity contribution in [1.29, 1.82) is 0 Å². The SMILES string of the molecule is C1CCC2[NH+]=C(NC(C3CC3)C3CC3)CC2C1.[Cl-]. The summed E-state index contributed by atoms with van der Waals surface area (Å²) in [7, 11) is 0. The molecule has 0 aromatic heterocycles. The van der Waals surface area contributed by atoms with Crippen LogP contribution in [0.4, 0.5) is 0 Å². The van der Waals surface area contributed by atoms with Crippen LogP contribution in [0.5, 0.6) is 0 Å². The Bertz CT molecular complexity index is 321. The fourth-order valence-corrected chi connectivity index (χ4v) is 4.02. The van der Waals surface area contributed by atoms with E-state index in [0.717, 1.165) is 29.8 Å². The van der Waals surface area contributed by atoms with Crippen LogP contribution in [0.25, 0.3) is 0 Å². The zero-order valence-corrected chi connectivity index (χ0v) is 11.9. The summed E-state index contributed by atoms with van der Waals surface area (Å²) < 4.78 is 0. The summed E-state index contributed by atoms with van der Waals surface area (Å²) >= 11 is 0. The summed E-state index contributed by atoms with van der Waals surface area (Å²) in [5, 5.41) is 3.90. The van der Waals surface area contributed by atoms with Gasteiger partial charge in [0.25, 0.3) is 0 Å². The standard InChI is InChI=1S/C15H24N2.ClH/c1-2-4-13-12(3-1)9-14(16-13)17-15(10-5-6-10)11-7-8-11;/h10-13,15H,1-9H2,(H,16,17);1H. The Morgan fingerprint density at radius 3 is 2.22 bits per heavy atom. The molecule has 2 atom stereocenters. The van der Waals surface area contributed by atoms with Crippen LogP contribution in [0.2, 0.25) is 0 Å². The van der Waals surface area contributed by atoms with Gasteiger partial charge in [0.15, 0.2) is 0 Å². The van der Waals surface area contributed by atoms with E-state index in [2.05, 4.69) is 10.3 Å².